The average molecular weight is 307 g/mol. The maximum Gasteiger partial charge on any atom is 0.185 e. The minimum atomic E-state index is 0.518. The van der Waals surface area contributed by atoms with Crippen LogP contribution in [-0.2, 0) is 13.0 Å². The van der Waals surface area contributed by atoms with Crippen LogP contribution in [0.1, 0.15) is 41.9 Å². The number of nitrogens with one attached hydrogen (secondary N) is 1. The van der Waals surface area contributed by atoms with Crippen LogP contribution in [0.3, 0.4) is 0 Å². The van der Waals surface area contributed by atoms with E-state index in [1.807, 2.05) is 11.3 Å². The molecule has 2 aromatic rings. The molecule has 5 heteroatoms. The molecule has 0 saturated carbocycles. The Morgan fingerprint density at radius 2 is 2.40 bits per heavy atom. The molecule has 108 valence electrons. The van der Waals surface area contributed by atoms with E-state index in [1.54, 1.807) is 11.3 Å². The number of thiophene rings is 1. The van der Waals surface area contributed by atoms with E-state index in [4.69, 9.17) is 4.98 Å². The van der Waals surface area contributed by atoms with E-state index in [0.29, 0.717) is 6.04 Å². The third kappa shape index (κ3) is 2.90. The fraction of sp³-hybridized carbons (Fsp3) is 0.533. The van der Waals surface area contributed by atoms with Gasteiger partial charge in [-0.15, -0.1) is 0 Å². The molecule has 20 heavy (non-hydrogen) atoms. The monoisotopic (exact) mass is 307 g/mol. The molecule has 0 aliphatic heterocycles. The van der Waals surface area contributed by atoms with Gasteiger partial charge in [0.05, 0.1) is 5.69 Å². The lowest BCUT2D eigenvalue weighted by Crippen LogP contribution is -2.23. The summed E-state index contributed by atoms with van der Waals surface area (Å²) in [6.07, 6.45) is 3.64. The topological polar surface area (TPSA) is 28.2 Å². The van der Waals surface area contributed by atoms with Crippen LogP contribution in [-0.4, -0.2) is 18.6 Å². The van der Waals surface area contributed by atoms with Crippen molar-refractivity contribution in [2.45, 2.75) is 38.8 Å². The molecule has 1 atom stereocenters. The Morgan fingerprint density at radius 3 is 3.15 bits per heavy atom. The SMILES string of the molecule is CCNC1CCCc2nc(N(C)Cc3ccsc3)sc21. The fourth-order valence-electron chi connectivity index (χ4n) is 2.74. The van der Waals surface area contributed by atoms with Crippen LogP contribution in [0, 0.1) is 0 Å². The molecule has 0 amide bonds. The molecule has 2 heterocycles. The highest BCUT2D eigenvalue weighted by Gasteiger charge is 2.24. The van der Waals surface area contributed by atoms with Gasteiger partial charge in [-0.2, -0.15) is 11.3 Å². The van der Waals surface area contributed by atoms with E-state index in [0.717, 1.165) is 24.6 Å². The fourth-order valence-corrected chi connectivity index (χ4v) is 4.58. The first-order valence-corrected chi connectivity index (χ1v) is 8.99. The first-order valence-electron chi connectivity index (χ1n) is 7.23. The Balaban J connectivity index is 1.78. The van der Waals surface area contributed by atoms with E-state index in [2.05, 4.69) is 41.0 Å². The second kappa shape index (κ2) is 6.24. The van der Waals surface area contributed by atoms with Crippen molar-refractivity contribution in [3.8, 4) is 0 Å². The predicted octanol–water partition coefficient (Wildman–Crippen LogP) is 3.83. The number of hydrogen-bond donors (Lipinski definition) is 1. The van der Waals surface area contributed by atoms with Crippen LogP contribution in [0.2, 0.25) is 0 Å². The molecule has 2 aromatic heterocycles. The molecule has 0 bridgehead atoms. The number of nitrogens with zero attached hydrogens (tertiary/aromatic N) is 2. The molecule has 1 aliphatic carbocycles. The van der Waals surface area contributed by atoms with Crippen molar-refractivity contribution in [2.75, 3.05) is 18.5 Å². The van der Waals surface area contributed by atoms with Crippen LogP contribution in [0.25, 0.3) is 0 Å². The molecule has 1 unspecified atom stereocenters. The minimum Gasteiger partial charge on any atom is -0.347 e. The number of aryl methyl sites for hydroxylation is 1. The number of rotatable bonds is 5. The molecule has 0 spiro atoms. The van der Waals surface area contributed by atoms with Crippen molar-refractivity contribution < 1.29 is 0 Å². The Bertz CT molecular complexity index is 547. The van der Waals surface area contributed by atoms with Gasteiger partial charge >= 0.3 is 0 Å². The zero-order chi connectivity index (χ0) is 13.9. The van der Waals surface area contributed by atoms with Crippen LogP contribution in [0.5, 0.6) is 0 Å². The Labute approximate surface area is 128 Å². The van der Waals surface area contributed by atoms with Gasteiger partial charge in [-0.25, -0.2) is 4.98 Å². The van der Waals surface area contributed by atoms with Crippen molar-refractivity contribution >= 4 is 27.8 Å². The van der Waals surface area contributed by atoms with Gasteiger partial charge < -0.3 is 10.2 Å². The normalized spacial score (nSPS) is 18.0. The van der Waals surface area contributed by atoms with Crippen molar-refractivity contribution in [3.05, 3.63) is 33.0 Å². The van der Waals surface area contributed by atoms with Crippen molar-refractivity contribution in [2.24, 2.45) is 0 Å². The molecule has 0 aromatic carbocycles. The minimum absolute atomic E-state index is 0.518. The molecule has 0 saturated heterocycles. The largest absolute Gasteiger partial charge is 0.347 e. The van der Waals surface area contributed by atoms with Gasteiger partial charge in [0.25, 0.3) is 0 Å². The Hall–Kier alpha value is -0.910. The highest BCUT2D eigenvalue weighted by atomic mass is 32.1. The quantitative estimate of drug-likeness (QED) is 0.910. The first kappa shape index (κ1) is 14.0. The second-order valence-electron chi connectivity index (χ2n) is 5.30. The lowest BCUT2D eigenvalue weighted by atomic mass is 9.98. The standard InChI is InChI=1S/C15H21N3S2/c1-3-16-12-5-4-6-13-14(12)20-15(17-13)18(2)9-11-7-8-19-10-11/h7-8,10,12,16H,3-6,9H2,1-2H3. The summed E-state index contributed by atoms with van der Waals surface area (Å²) in [6.45, 7) is 4.16. The molecule has 3 rings (SSSR count). The van der Waals surface area contributed by atoms with E-state index < -0.39 is 0 Å². The van der Waals surface area contributed by atoms with E-state index >= 15 is 0 Å². The number of aromatic nitrogens is 1. The Kier molecular flexibility index (Phi) is 4.38. The maximum atomic E-state index is 4.87. The van der Waals surface area contributed by atoms with E-state index in [9.17, 15) is 0 Å². The summed E-state index contributed by atoms with van der Waals surface area (Å²) in [5.74, 6) is 0. The summed E-state index contributed by atoms with van der Waals surface area (Å²) in [7, 11) is 2.14. The molecule has 1 aliphatic rings. The van der Waals surface area contributed by atoms with Crippen molar-refractivity contribution in [1.82, 2.24) is 10.3 Å². The molecular formula is C15H21N3S2. The van der Waals surface area contributed by atoms with E-state index in [-0.39, 0.29) is 0 Å². The summed E-state index contributed by atoms with van der Waals surface area (Å²) < 4.78 is 0. The number of thiazole rings is 1. The van der Waals surface area contributed by atoms with E-state index in [1.165, 1.54) is 29.0 Å². The van der Waals surface area contributed by atoms with Gasteiger partial charge in [-0.3, -0.25) is 0 Å². The molecule has 3 nitrogen and oxygen atoms in total. The molecule has 1 N–H and O–H groups in total. The average Bonchev–Trinajstić information content (AvgIpc) is 3.08. The maximum absolute atomic E-state index is 4.87. The van der Waals surface area contributed by atoms with Crippen molar-refractivity contribution in [3.63, 3.8) is 0 Å². The summed E-state index contributed by atoms with van der Waals surface area (Å²) in [5.41, 5.74) is 2.69. The third-order valence-electron chi connectivity index (χ3n) is 3.72. The van der Waals surface area contributed by atoms with Crippen molar-refractivity contribution in [1.29, 1.82) is 0 Å². The zero-order valence-electron chi connectivity index (χ0n) is 12.1. The van der Waals surface area contributed by atoms with Gasteiger partial charge in [-0.05, 0) is 48.2 Å². The van der Waals surface area contributed by atoms with Crippen LogP contribution in [0.15, 0.2) is 16.8 Å². The lowest BCUT2D eigenvalue weighted by molar-refractivity contribution is 0.476. The highest BCUT2D eigenvalue weighted by molar-refractivity contribution is 7.15. The van der Waals surface area contributed by atoms with Gasteiger partial charge in [0.2, 0.25) is 0 Å². The number of hydrogen-bond acceptors (Lipinski definition) is 5. The molecular weight excluding hydrogens is 286 g/mol. The van der Waals surface area contributed by atoms with Gasteiger partial charge in [0, 0.05) is 24.5 Å². The second-order valence-corrected chi connectivity index (χ2v) is 7.09. The predicted molar refractivity (Wildman–Crippen MR) is 87.9 cm³/mol. The number of anilines is 1. The third-order valence-corrected chi connectivity index (χ3v) is 5.77. The summed E-state index contributed by atoms with van der Waals surface area (Å²) >= 11 is 3.63. The zero-order valence-corrected chi connectivity index (χ0v) is 13.7. The summed E-state index contributed by atoms with van der Waals surface area (Å²) in [5, 5.41) is 9.10. The first-order chi connectivity index (χ1) is 9.78. The summed E-state index contributed by atoms with van der Waals surface area (Å²) in [4.78, 5) is 8.61. The molecule has 0 fully saturated rings. The van der Waals surface area contributed by atoms with Crippen LogP contribution in [0.4, 0.5) is 5.13 Å². The van der Waals surface area contributed by atoms with Crippen LogP contribution >= 0.6 is 22.7 Å². The van der Waals surface area contributed by atoms with Gasteiger partial charge in [0.15, 0.2) is 5.13 Å². The van der Waals surface area contributed by atoms with Crippen LogP contribution < -0.4 is 10.2 Å². The number of fused-ring (bicyclic) bond motifs is 1. The molecule has 0 radical (unpaired) electrons. The Morgan fingerprint density at radius 1 is 1.50 bits per heavy atom. The summed E-state index contributed by atoms with van der Waals surface area (Å²) in [6, 6.07) is 2.71. The van der Waals surface area contributed by atoms with Gasteiger partial charge in [-0.1, -0.05) is 18.3 Å². The smallest absolute Gasteiger partial charge is 0.185 e. The van der Waals surface area contributed by atoms with Gasteiger partial charge in [0.1, 0.15) is 0 Å². The lowest BCUT2D eigenvalue weighted by Gasteiger charge is -2.21. The highest BCUT2D eigenvalue weighted by Crippen LogP contribution is 2.37.